The molecule has 1 aromatic heterocycles. The molecule has 0 spiro atoms. The summed E-state index contributed by atoms with van der Waals surface area (Å²) >= 11 is 1.55. The zero-order chi connectivity index (χ0) is 16.9. The second-order valence-electron chi connectivity index (χ2n) is 6.40. The summed E-state index contributed by atoms with van der Waals surface area (Å²) in [5, 5.41) is 6.23. The summed E-state index contributed by atoms with van der Waals surface area (Å²) in [7, 11) is 0. The zero-order valence-corrected chi connectivity index (χ0v) is 15.2. The van der Waals surface area contributed by atoms with Crippen molar-refractivity contribution in [2.24, 2.45) is 5.92 Å². The van der Waals surface area contributed by atoms with E-state index in [4.69, 9.17) is 0 Å². The van der Waals surface area contributed by atoms with Crippen LogP contribution < -0.4 is 5.32 Å². The lowest BCUT2D eigenvalue weighted by molar-refractivity contribution is 0.0685. The number of benzene rings is 1. The quantitative estimate of drug-likeness (QED) is 0.902. The molecule has 0 unspecified atom stereocenters. The Kier molecular flexibility index (Phi) is 5.63. The normalized spacial score (nSPS) is 15.7. The van der Waals surface area contributed by atoms with Crippen molar-refractivity contribution in [3.8, 4) is 10.6 Å². The molecule has 0 bridgehead atoms. The third-order valence-corrected chi connectivity index (χ3v) is 5.56. The highest BCUT2D eigenvalue weighted by atomic mass is 32.1. The summed E-state index contributed by atoms with van der Waals surface area (Å²) in [5.74, 6) is 0.764. The molecule has 5 heteroatoms. The van der Waals surface area contributed by atoms with Crippen LogP contribution in [0.3, 0.4) is 0 Å². The number of hydrogen-bond donors (Lipinski definition) is 1. The standard InChI is InChI=1S/C19H25N3OS/c1-3-20-12-15-8-10-22(11-9-15)19(23)17-13-24-18(21-17)16-7-5-4-6-14(16)2/h4-7,13,15,20H,3,8-12H2,1-2H3. The van der Waals surface area contributed by atoms with Gasteiger partial charge in [-0.3, -0.25) is 4.79 Å². The number of nitrogens with zero attached hydrogens (tertiary/aromatic N) is 2. The predicted molar refractivity (Wildman–Crippen MR) is 99.5 cm³/mol. The number of likely N-dealkylation sites (tertiary alicyclic amines) is 1. The topological polar surface area (TPSA) is 45.2 Å². The molecule has 1 amide bonds. The molecule has 128 valence electrons. The van der Waals surface area contributed by atoms with Crippen LogP contribution in [0.15, 0.2) is 29.6 Å². The van der Waals surface area contributed by atoms with Crippen molar-refractivity contribution in [3.63, 3.8) is 0 Å². The third-order valence-electron chi connectivity index (χ3n) is 4.68. The second-order valence-corrected chi connectivity index (χ2v) is 7.25. The van der Waals surface area contributed by atoms with Gasteiger partial charge >= 0.3 is 0 Å². The highest BCUT2D eigenvalue weighted by Gasteiger charge is 2.25. The summed E-state index contributed by atoms with van der Waals surface area (Å²) in [6.07, 6.45) is 2.15. The maximum atomic E-state index is 12.7. The van der Waals surface area contributed by atoms with Crippen LogP contribution in [-0.4, -0.2) is 42.0 Å². The molecule has 0 atom stereocenters. The molecule has 1 aromatic carbocycles. The summed E-state index contributed by atoms with van der Waals surface area (Å²) < 4.78 is 0. The van der Waals surface area contributed by atoms with Gasteiger partial charge in [-0.1, -0.05) is 31.2 Å². The average Bonchev–Trinajstić information content (AvgIpc) is 3.10. The molecule has 0 radical (unpaired) electrons. The minimum absolute atomic E-state index is 0.0768. The average molecular weight is 343 g/mol. The van der Waals surface area contributed by atoms with Crippen LogP contribution in [0.25, 0.3) is 10.6 Å². The molecule has 1 aliphatic rings. The Balaban J connectivity index is 1.64. The number of amides is 1. The molecular weight excluding hydrogens is 318 g/mol. The molecule has 3 rings (SSSR count). The predicted octanol–water partition coefficient (Wildman–Crippen LogP) is 3.58. The Morgan fingerprint density at radius 2 is 2.08 bits per heavy atom. The Hall–Kier alpha value is -1.72. The lowest BCUT2D eigenvalue weighted by atomic mass is 9.96. The van der Waals surface area contributed by atoms with Gasteiger partial charge in [-0.2, -0.15) is 0 Å². The van der Waals surface area contributed by atoms with E-state index in [9.17, 15) is 4.79 Å². The Bertz CT molecular complexity index is 689. The van der Waals surface area contributed by atoms with Crippen LogP contribution in [0.5, 0.6) is 0 Å². The van der Waals surface area contributed by atoms with E-state index in [0.29, 0.717) is 11.6 Å². The van der Waals surface area contributed by atoms with Crippen molar-refractivity contribution in [2.45, 2.75) is 26.7 Å². The number of rotatable bonds is 5. The number of nitrogens with one attached hydrogen (secondary N) is 1. The molecule has 4 nitrogen and oxygen atoms in total. The van der Waals surface area contributed by atoms with Gasteiger partial charge in [0.15, 0.2) is 0 Å². The van der Waals surface area contributed by atoms with Crippen molar-refractivity contribution >= 4 is 17.2 Å². The molecule has 2 heterocycles. The fraction of sp³-hybridized carbons (Fsp3) is 0.474. The lowest BCUT2D eigenvalue weighted by Gasteiger charge is -2.31. The monoisotopic (exact) mass is 343 g/mol. The van der Waals surface area contributed by atoms with Gasteiger partial charge in [0.2, 0.25) is 0 Å². The van der Waals surface area contributed by atoms with Gasteiger partial charge in [0.25, 0.3) is 5.91 Å². The van der Waals surface area contributed by atoms with E-state index in [-0.39, 0.29) is 5.91 Å². The molecule has 24 heavy (non-hydrogen) atoms. The number of carbonyl (C=O) groups is 1. The summed E-state index contributed by atoms with van der Waals surface area (Å²) in [5.41, 5.74) is 2.89. The van der Waals surface area contributed by atoms with Gasteiger partial charge in [-0.25, -0.2) is 4.98 Å². The van der Waals surface area contributed by atoms with E-state index < -0.39 is 0 Å². The second kappa shape index (κ2) is 7.90. The first-order valence-corrected chi connectivity index (χ1v) is 9.58. The van der Waals surface area contributed by atoms with Crippen molar-refractivity contribution in [3.05, 3.63) is 40.9 Å². The number of aromatic nitrogens is 1. The summed E-state index contributed by atoms with van der Waals surface area (Å²) in [6, 6.07) is 8.18. The molecule has 1 aliphatic heterocycles. The van der Waals surface area contributed by atoms with Gasteiger partial charge in [0.1, 0.15) is 10.7 Å². The highest BCUT2D eigenvalue weighted by Crippen LogP contribution is 2.27. The molecule has 1 saturated heterocycles. The fourth-order valence-corrected chi connectivity index (χ4v) is 4.04. The van der Waals surface area contributed by atoms with Crippen LogP contribution >= 0.6 is 11.3 Å². The number of hydrogen-bond acceptors (Lipinski definition) is 4. The minimum atomic E-state index is 0.0768. The highest BCUT2D eigenvalue weighted by molar-refractivity contribution is 7.13. The van der Waals surface area contributed by atoms with Crippen molar-refractivity contribution in [1.29, 1.82) is 0 Å². The number of carbonyl (C=O) groups excluding carboxylic acids is 1. The van der Waals surface area contributed by atoms with Gasteiger partial charge < -0.3 is 10.2 Å². The third kappa shape index (κ3) is 3.84. The first-order chi connectivity index (χ1) is 11.7. The molecule has 1 fully saturated rings. The van der Waals surface area contributed by atoms with Gasteiger partial charge in [0, 0.05) is 24.0 Å². The summed E-state index contributed by atoms with van der Waals surface area (Å²) in [6.45, 7) is 7.96. The van der Waals surface area contributed by atoms with Crippen LogP contribution in [0, 0.1) is 12.8 Å². The molecule has 0 aliphatic carbocycles. The van der Waals surface area contributed by atoms with Gasteiger partial charge in [-0.05, 0) is 44.3 Å². The Morgan fingerprint density at radius 1 is 1.33 bits per heavy atom. The zero-order valence-electron chi connectivity index (χ0n) is 14.4. The molecular formula is C19H25N3OS. The smallest absolute Gasteiger partial charge is 0.273 e. The van der Waals surface area contributed by atoms with Crippen molar-refractivity contribution in [2.75, 3.05) is 26.2 Å². The first-order valence-electron chi connectivity index (χ1n) is 8.70. The Labute approximate surface area is 147 Å². The minimum Gasteiger partial charge on any atom is -0.337 e. The fourth-order valence-electron chi connectivity index (χ4n) is 3.16. The molecule has 1 N–H and O–H groups in total. The number of aryl methyl sites for hydroxylation is 1. The van der Waals surface area contributed by atoms with Crippen molar-refractivity contribution < 1.29 is 4.79 Å². The van der Waals surface area contributed by atoms with E-state index in [1.165, 1.54) is 5.56 Å². The molecule has 0 saturated carbocycles. The molecule has 2 aromatic rings. The number of thiazole rings is 1. The number of piperidine rings is 1. The van der Waals surface area contributed by atoms with Gasteiger partial charge in [-0.15, -0.1) is 11.3 Å². The van der Waals surface area contributed by atoms with E-state index in [1.54, 1.807) is 11.3 Å². The van der Waals surface area contributed by atoms with E-state index in [0.717, 1.165) is 49.6 Å². The SMILES string of the molecule is CCNCC1CCN(C(=O)c2csc(-c3ccccc3C)n2)CC1. The first kappa shape index (κ1) is 17.1. The van der Waals surface area contributed by atoms with E-state index >= 15 is 0 Å². The largest absolute Gasteiger partial charge is 0.337 e. The Morgan fingerprint density at radius 3 is 2.79 bits per heavy atom. The maximum absolute atomic E-state index is 12.7. The maximum Gasteiger partial charge on any atom is 0.273 e. The summed E-state index contributed by atoms with van der Waals surface area (Å²) in [4.78, 5) is 19.3. The van der Waals surface area contributed by atoms with Crippen LogP contribution in [-0.2, 0) is 0 Å². The van der Waals surface area contributed by atoms with Crippen LogP contribution in [0.2, 0.25) is 0 Å². The lowest BCUT2D eigenvalue weighted by Crippen LogP contribution is -2.40. The van der Waals surface area contributed by atoms with Crippen LogP contribution in [0.1, 0.15) is 35.8 Å². The van der Waals surface area contributed by atoms with Gasteiger partial charge in [0.05, 0.1) is 0 Å². The van der Waals surface area contributed by atoms with E-state index in [1.807, 2.05) is 22.4 Å². The van der Waals surface area contributed by atoms with Crippen molar-refractivity contribution in [1.82, 2.24) is 15.2 Å². The van der Waals surface area contributed by atoms with E-state index in [2.05, 4.69) is 36.3 Å². The van der Waals surface area contributed by atoms with Crippen LogP contribution in [0.4, 0.5) is 0 Å².